The molecule has 0 aliphatic carbocycles. The number of fused-ring (bicyclic) bond motifs is 1. The first-order valence-corrected chi connectivity index (χ1v) is 5.36. The number of hydrogen-bond acceptors (Lipinski definition) is 5. The highest BCUT2D eigenvalue weighted by Gasteiger charge is 2.13. The monoisotopic (exact) mass is 215 g/mol. The minimum Gasteiger partial charge on any atom is -0.363 e. The van der Waals surface area contributed by atoms with Gasteiger partial charge in [-0.3, -0.25) is 15.8 Å². The fourth-order valence-corrected chi connectivity index (χ4v) is 1.80. The molecule has 5 nitrogen and oxygen atoms in total. The van der Waals surface area contributed by atoms with E-state index in [9.17, 15) is 0 Å². The standard InChI is InChI=1S/C11H13N5/c1-2-4-10-9(3-1)12-7-11(16-10)15-8-5-13-14-6-8/h1-4,7-8,13-14H,5-6H2,(H,15,16). The van der Waals surface area contributed by atoms with Crippen molar-refractivity contribution in [3.05, 3.63) is 30.5 Å². The zero-order valence-electron chi connectivity index (χ0n) is 8.77. The molecule has 0 saturated carbocycles. The molecule has 0 unspecified atom stereocenters. The number of aromatic nitrogens is 2. The topological polar surface area (TPSA) is 61.9 Å². The fourth-order valence-electron chi connectivity index (χ4n) is 1.80. The van der Waals surface area contributed by atoms with Crippen LogP contribution in [-0.2, 0) is 0 Å². The molecule has 0 amide bonds. The maximum atomic E-state index is 4.51. The van der Waals surface area contributed by atoms with E-state index in [1.165, 1.54) is 0 Å². The number of anilines is 1. The van der Waals surface area contributed by atoms with E-state index >= 15 is 0 Å². The van der Waals surface area contributed by atoms with Gasteiger partial charge in [-0.15, -0.1) is 0 Å². The van der Waals surface area contributed by atoms with Crippen molar-refractivity contribution in [1.82, 2.24) is 20.8 Å². The molecule has 0 atom stereocenters. The van der Waals surface area contributed by atoms with Crippen molar-refractivity contribution in [1.29, 1.82) is 0 Å². The smallest absolute Gasteiger partial charge is 0.145 e. The van der Waals surface area contributed by atoms with Crippen LogP contribution in [0.4, 0.5) is 5.82 Å². The summed E-state index contributed by atoms with van der Waals surface area (Å²) < 4.78 is 0. The molecule has 2 heterocycles. The van der Waals surface area contributed by atoms with E-state index in [1.807, 2.05) is 24.3 Å². The molecule has 0 radical (unpaired) electrons. The third-order valence-corrected chi connectivity index (χ3v) is 2.62. The minimum absolute atomic E-state index is 0.371. The van der Waals surface area contributed by atoms with E-state index in [2.05, 4.69) is 26.1 Å². The summed E-state index contributed by atoms with van der Waals surface area (Å²) in [5, 5.41) is 3.33. The second-order valence-electron chi connectivity index (χ2n) is 3.85. The number of para-hydroxylation sites is 2. The molecular weight excluding hydrogens is 202 g/mol. The van der Waals surface area contributed by atoms with Gasteiger partial charge >= 0.3 is 0 Å². The van der Waals surface area contributed by atoms with Gasteiger partial charge in [0, 0.05) is 13.1 Å². The molecule has 1 aliphatic rings. The Morgan fingerprint density at radius 1 is 1.12 bits per heavy atom. The molecule has 1 fully saturated rings. The van der Waals surface area contributed by atoms with Gasteiger partial charge in [0.2, 0.25) is 0 Å². The predicted octanol–water partition coefficient (Wildman–Crippen LogP) is 0.518. The minimum atomic E-state index is 0.371. The van der Waals surface area contributed by atoms with Crippen molar-refractivity contribution in [2.45, 2.75) is 6.04 Å². The molecule has 16 heavy (non-hydrogen) atoms. The number of nitrogens with zero attached hydrogens (tertiary/aromatic N) is 2. The van der Waals surface area contributed by atoms with Crippen LogP contribution in [0, 0.1) is 0 Å². The van der Waals surface area contributed by atoms with Gasteiger partial charge in [-0.2, -0.15) is 0 Å². The van der Waals surface area contributed by atoms with Gasteiger partial charge in [0.05, 0.1) is 23.3 Å². The zero-order valence-corrected chi connectivity index (χ0v) is 8.77. The fraction of sp³-hybridized carbons (Fsp3) is 0.273. The predicted molar refractivity (Wildman–Crippen MR) is 63.0 cm³/mol. The summed E-state index contributed by atoms with van der Waals surface area (Å²) >= 11 is 0. The summed E-state index contributed by atoms with van der Waals surface area (Å²) in [7, 11) is 0. The molecule has 1 saturated heterocycles. The summed E-state index contributed by atoms with van der Waals surface area (Å²) in [6.07, 6.45) is 1.78. The molecule has 3 rings (SSSR count). The lowest BCUT2D eigenvalue weighted by Crippen LogP contribution is -2.25. The lowest BCUT2D eigenvalue weighted by atomic mass is 10.3. The Kier molecular flexibility index (Phi) is 2.40. The number of hydrazine groups is 1. The van der Waals surface area contributed by atoms with Crippen molar-refractivity contribution >= 4 is 16.9 Å². The Morgan fingerprint density at radius 3 is 2.69 bits per heavy atom. The van der Waals surface area contributed by atoms with E-state index in [-0.39, 0.29) is 0 Å². The zero-order chi connectivity index (χ0) is 10.8. The van der Waals surface area contributed by atoms with Crippen molar-refractivity contribution in [2.75, 3.05) is 18.4 Å². The van der Waals surface area contributed by atoms with E-state index in [1.54, 1.807) is 6.20 Å². The Hall–Kier alpha value is -1.72. The van der Waals surface area contributed by atoms with Gasteiger partial charge in [0.15, 0.2) is 0 Å². The Morgan fingerprint density at radius 2 is 1.88 bits per heavy atom. The average molecular weight is 215 g/mol. The van der Waals surface area contributed by atoms with Crippen LogP contribution in [-0.4, -0.2) is 29.1 Å². The quantitative estimate of drug-likeness (QED) is 0.681. The third kappa shape index (κ3) is 1.82. The molecule has 0 spiro atoms. The summed E-state index contributed by atoms with van der Waals surface area (Å²) in [5.41, 5.74) is 7.99. The maximum Gasteiger partial charge on any atom is 0.145 e. The van der Waals surface area contributed by atoms with E-state index in [4.69, 9.17) is 0 Å². The van der Waals surface area contributed by atoms with Crippen LogP contribution < -0.4 is 16.2 Å². The van der Waals surface area contributed by atoms with Crippen LogP contribution in [0.2, 0.25) is 0 Å². The normalized spacial score (nSPS) is 16.8. The van der Waals surface area contributed by atoms with Gasteiger partial charge in [0.1, 0.15) is 5.82 Å². The Bertz CT molecular complexity index is 492. The SMILES string of the molecule is c1ccc2nc(NC3CNNC3)cnc2c1. The summed E-state index contributed by atoms with van der Waals surface area (Å²) in [6, 6.07) is 8.24. The van der Waals surface area contributed by atoms with Crippen molar-refractivity contribution < 1.29 is 0 Å². The highest BCUT2D eigenvalue weighted by atomic mass is 15.4. The van der Waals surface area contributed by atoms with Crippen LogP contribution in [0.15, 0.2) is 30.5 Å². The van der Waals surface area contributed by atoms with Gasteiger partial charge in [-0.25, -0.2) is 4.98 Å². The molecule has 3 N–H and O–H groups in total. The van der Waals surface area contributed by atoms with Crippen LogP contribution >= 0.6 is 0 Å². The highest BCUT2D eigenvalue weighted by molar-refractivity contribution is 5.75. The van der Waals surface area contributed by atoms with E-state index < -0.39 is 0 Å². The first kappa shape index (κ1) is 9.50. The van der Waals surface area contributed by atoms with Crippen LogP contribution in [0.5, 0.6) is 0 Å². The third-order valence-electron chi connectivity index (χ3n) is 2.62. The Labute approximate surface area is 93.3 Å². The first-order chi connectivity index (χ1) is 7.92. The van der Waals surface area contributed by atoms with Crippen LogP contribution in [0.1, 0.15) is 0 Å². The number of benzene rings is 1. The highest BCUT2D eigenvalue weighted by Crippen LogP contribution is 2.12. The van der Waals surface area contributed by atoms with Gasteiger partial charge in [-0.1, -0.05) is 12.1 Å². The van der Waals surface area contributed by atoms with Gasteiger partial charge in [-0.05, 0) is 12.1 Å². The molecule has 82 valence electrons. The molecular formula is C11H13N5. The van der Waals surface area contributed by atoms with E-state index in [0.717, 1.165) is 29.9 Å². The van der Waals surface area contributed by atoms with Crippen LogP contribution in [0.25, 0.3) is 11.0 Å². The van der Waals surface area contributed by atoms with Crippen molar-refractivity contribution in [2.24, 2.45) is 0 Å². The summed E-state index contributed by atoms with van der Waals surface area (Å²) in [6.45, 7) is 1.79. The maximum absolute atomic E-state index is 4.51. The number of hydrogen-bond donors (Lipinski definition) is 3. The van der Waals surface area contributed by atoms with E-state index in [0.29, 0.717) is 6.04 Å². The molecule has 1 aromatic carbocycles. The van der Waals surface area contributed by atoms with Crippen molar-refractivity contribution in [3.8, 4) is 0 Å². The summed E-state index contributed by atoms with van der Waals surface area (Å²) in [4.78, 5) is 8.87. The Balaban J connectivity index is 1.86. The average Bonchev–Trinajstić information content (AvgIpc) is 2.82. The summed E-state index contributed by atoms with van der Waals surface area (Å²) in [5.74, 6) is 0.828. The van der Waals surface area contributed by atoms with Crippen LogP contribution in [0.3, 0.4) is 0 Å². The largest absolute Gasteiger partial charge is 0.363 e. The second-order valence-corrected chi connectivity index (χ2v) is 3.85. The lowest BCUT2D eigenvalue weighted by Gasteiger charge is -2.10. The number of rotatable bonds is 2. The molecule has 2 aromatic rings. The number of nitrogens with one attached hydrogen (secondary N) is 3. The first-order valence-electron chi connectivity index (χ1n) is 5.36. The molecule has 1 aliphatic heterocycles. The van der Waals surface area contributed by atoms with Gasteiger partial charge in [0.25, 0.3) is 0 Å². The second kappa shape index (κ2) is 4.03. The molecule has 0 bridgehead atoms. The lowest BCUT2D eigenvalue weighted by molar-refractivity contribution is 0.689. The molecule has 1 aromatic heterocycles. The van der Waals surface area contributed by atoms with Crippen molar-refractivity contribution in [3.63, 3.8) is 0 Å². The van der Waals surface area contributed by atoms with Gasteiger partial charge < -0.3 is 5.32 Å². The molecule has 5 heteroatoms.